The molecule has 10 nitrogen and oxygen atoms in total. The van der Waals surface area contributed by atoms with Crippen LogP contribution in [0, 0.1) is 11.6 Å². The maximum Gasteiger partial charge on any atom is 0.285 e. The third-order valence-corrected chi connectivity index (χ3v) is 7.02. The standard InChI is InChI=1S/C26H24F2N6O4S/c1-14(30-21-5-4-8-29-23(21)24(35)32-39(3,37)38)19-10-18(28)11-20-22(19)31-26(33(2)25(20)36)34-12-15-6-7-17(27)9-16(15)13-34/h4-11,14,30H,12-13H2,1-3H3,(H,32,35)/t14-/m1/s1. The second kappa shape index (κ2) is 9.73. The summed E-state index contributed by atoms with van der Waals surface area (Å²) in [5.74, 6) is -1.60. The summed E-state index contributed by atoms with van der Waals surface area (Å²) in [6.07, 6.45) is 2.18. The van der Waals surface area contributed by atoms with E-state index in [0.29, 0.717) is 24.6 Å². The van der Waals surface area contributed by atoms with Crippen LogP contribution in [0.2, 0.25) is 0 Å². The van der Waals surface area contributed by atoms with Crippen LogP contribution < -0.4 is 20.5 Å². The Labute approximate surface area is 222 Å². The van der Waals surface area contributed by atoms with Crippen molar-refractivity contribution in [1.82, 2.24) is 19.3 Å². The SMILES string of the molecule is C[C@@H](Nc1cccnc1C(=O)NS(C)(=O)=O)c1cc(F)cc2c(=O)n(C)c(N3Cc4ccc(F)cc4C3)nc12. The smallest absolute Gasteiger partial charge is 0.285 e. The molecule has 0 radical (unpaired) electrons. The highest BCUT2D eigenvalue weighted by molar-refractivity contribution is 7.89. The normalized spacial score (nSPS) is 13.8. The van der Waals surface area contributed by atoms with Crippen molar-refractivity contribution in [2.24, 2.45) is 7.05 Å². The highest BCUT2D eigenvalue weighted by atomic mass is 32.2. The maximum absolute atomic E-state index is 14.7. The summed E-state index contributed by atoms with van der Waals surface area (Å²) in [7, 11) is -2.29. The van der Waals surface area contributed by atoms with Crippen molar-refractivity contribution in [2.45, 2.75) is 26.1 Å². The van der Waals surface area contributed by atoms with Crippen molar-refractivity contribution in [3.05, 3.63) is 93.0 Å². The van der Waals surface area contributed by atoms with Gasteiger partial charge in [-0.1, -0.05) is 6.07 Å². The number of nitrogens with one attached hydrogen (secondary N) is 2. The molecule has 1 aliphatic rings. The molecule has 39 heavy (non-hydrogen) atoms. The Hall–Kier alpha value is -4.39. The van der Waals surface area contributed by atoms with Gasteiger partial charge >= 0.3 is 0 Å². The van der Waals surface area contributed by atoms with E-state index in [9.17, 15) is 26.8 Å². The van der Waals surface area contributed by atoms with E-state index in [1.165, 1.54) is 35.0 Å². The molecule has 0 saturated heterocycles. The van der Waals surface area contributed by atoms with Gasteiger partial charge in [0.05, 0.1) is 28.9 Å². The maximum atomic E-state index is 14.7. The summed E-state index contributed by atoms with van der Waals surface area (Å²) in [6.45, 7) is 2.45. The topological polar surface area (TPSA) is 126 Å². The van der Waals surface area contributed by atoms with Gasteiger partial charge in [-0.25, -0.2) is 31.9 Å². The zero-order chi connectivity index (χ0) is 28.1. The minimum absolute atomic E-state index is 0.0638. The lowest BCUT2D eigenvalue weighted by atomic mass is 10.0. The molecule has 0 saturated carbocycles. The van der Waals surface area contributed by atoms with E-state index < -0.39 is 33.3 Å². The third-order valence-electron chi connectivity index (χ3n) is 6.46. The van der Waals surface area contributed by atoms with Crippen molar-refractivity contribution >= 4 is 38.5 Å². The first-order valence-corrected chi connectivity index (χ1v) is 13.8. The van der Waals surface area contributed by atoms with Crippen LogP contribution in [-0.2, 0) is 30.2 Å². The van der Waals surface area contributed by atoms with Crippen LogP contribution in [-0.4, -0.2) is 35.1 Å². The fraction of sp³-hybridized carbons (Fsp3) is 0.231. The number of rotatable bonds is 6. The summed E-state index contributed by atoms with van der Waals surface area (Å²) >= 11 is 0. The average Bonchev–Trinajstić information content (AvgIpc) is 3.28. The van der Waals surface area contributed by atoms with Gasteiger partial charge in [0.15, 0.2) is 5.69 Å². The number of nitrogens with zero attached hydrogens (tertiary/aromatic N) is 4. The van der Waals surface area contributed by atoms with Crippen molar-refractivity contribution in [1.29, 1.82) is 0 Å². The molecule has 13 heteroatoms. The summed E-state index contributed by atoms with van der Waals surface area (Å²) < 4.78 is 54.8. The molecule has 5 rings (SSSR count). The molecule has 0 fully saturated rings. The predicted molar refractivity (Wildman–Crippen MR) is 142 cm³/mol. The van der Waals surface area contributed by atoms with Crippen LogP contribution in [0.4, 0.5) is 20.4 Å². The Bertz CT molecular complexity index is 1810. The first kappa shape index (κ1) is 26.2. The molecule has 202 valence electrons. The molecule has 1 atom stereocenters. The molecule has 3 heterocycles. The van der Waals surface area contributed by atoms with Crippen LogP contribution in [0.5, 0.6) is 0 Å². The van der Waals surface area contributed by atoms with Gasteiger partial charge in [0.2, 0.25) is 16.0 Å². The summed E-state index contributed by atoms with van der Waals surface area (Å²) in [5, 5.41) is 3.13. The second-order valence-corrected chi connectivity index (χ2v) is 11.2. The van der Waals surface area contributed by atoms with E-state index >= 15 is 0 Å². The van der Waals surface area contributed by atoms with Gasteiger partial charge in [-0.05, 0) is 54.4 Å². The number of amides is 1. The zero-order valence-electron chi connectivity index (χ0n) is 21.2. The summed E-state index contributed by atoms with van der Waals surface area (Å²) in [6, 6.07) is 9.29. The van der Waals surface area contributed by atoms with Crippen LogP contribution >= 0.6 is 0 Å². The highest BCUT2D eigenvalue weighted by Gasteiger charge is 2.26. The Balaban J connectivity index is 1.55. The third kappa shape index (κ3) is 5.17. The fourth-order valence-electron chi connectivity index (χ4n) is 4.70. The molecule has 0 unspecified atom stereocenters. The number of hydrogen-bond donors (Lipinski definition) is 2. The van der Waals surface area contributed by atoms with Crippen LogP contribution in [0.3, 0.4) is 0 Å². The molecule has 0 spiro atoms. The van der Waals surface area contributed by atoms with Crippen LogP contribution in [0.25, 0.3) is 10.9 Å². The predicted octanol–water partition coefficient (Wildman–Crippen LogP) is 2.99. The number of sulfonamides is 1. The van der Waals surface area contributed by atoms with E-state index in [4.69, 9.17) is 4.98 Å². The van der Waals surface area contributed by atoms with E-state index in [2.05, 4.69) is 10.3 Å². The Morgan fingerprint density at radius 3 is 2.56 bits per heavy atom. The van der Waals surface area contributed by atoms with Gasteiger partial charge in [0.1, 0.15) is 11.6 Å². The van der Waals surface area contributed by atoms with Gasteiger partial charge in [0.25, 0.3) is 11.5 Å². The van der Waals surface area contributed by atoms with Crippen molar-refractivity contribution in [3.8, 4) is 0 Å². The molecule has 0 aliphatic carbocycles. The van der Waals surface area contributed by atoms with Crippen LogP contribution in [0.15, 0.2) is 53.5 Å². The molecule has 1 amide bonds. The minimum atomic E-state index is -3.84. The largest absolute Gasteiger partial charge is 0.377 e. The first-order chi connectivity index (χ1) is 18.4. The van der Waals surface area contributed by atoms with Crippen molar-refractivity contribution in [2.75, 3.05) is 16.5 Å². The quantitative estimate of drug-likeness (QED) is 0.373. The number of halogens is 2. The number of anilines is 2. The number of fused-ring (bicyclic) bond motifs is 2. The van der Waals surface area contributed by atoms with Crippen LogP contribution in [0.1, 0.15) is 40.1 Å². The number of aromatic nitrogens is 3. The number of hydrogen-bond acceptors (Lipinski definition) is 8. The van der Waals surface area contributed by atoms with E-state index in [1.807, 2.05) is 9.62 Å². The zero-order valence-corrected chi connectivity index (χ0v) is 22.0. The van der Waals surface area contributed by atoms with Crippen molar-refractivity contribution < 1.29 is 22.0 Å². The summed E-state index contributed by atoms with van der Waals surface area (Å²) in [5.41, 5.74) is 1.85. The number of benzene rings is 2. The molecule has 0 bridgehead atoms. The molecule has 2 N–H and O–H groups in total. The Morgan fingerprint density at radius 1 is 1.08 bits per heavy atom. The van der Waals surface area contributed by atoms with E-state index in [0.717, 1.165) is 23.4 Å². The van der Waals surface area contributed by atoms with E-state index in [-0.39, 0.29) is 28.1 Å². The number of pyridine rings is 1. The van der Waals surface area contributed by atoms with Gasteiger partial charge in [0, 0.05) is 31.9 Å². The molecule has 2 aromatic heterocycles. The fourth-order valence-corrected chi connectivity index (χ4v) is 5.14. The molecule has 4 aromatic rings. The van der Waals surface area contributed by atoms with Gasteiger partial charge in [-0.15, -0.1) is 0 Å². The Morgan fingerprint density at radius 2 is 1.82 bits per heavy atom. The number of carbonyl (C=O) groups is 1. The Kier molecular flexibility index (Phi) is 6.54. The number of carbonyl (C=O) groups excluding carboxylic acids is 1. The lowest BCUT2D eigenvalue weighted by Gasteiger charge is -2.22. The van der Waals surface area contributed by atoms with Crippen molar-refractivity contribution in [3.63, 3.8) is 0 Å². The minimum Gasteiger partial charge on any atom is -0.377 e. The molecule has 1 aliphatic heterocycles. The lowest BCUT2D eigenvalue weighted by molar-refractivity contribution is 0.0977. The highest BCUT2D eigenvalue weighted by Crippen LogP contribution is 2.31. The molecular weight excluding hydrogens is 530 g/mol. The molecular formula is C26H24F2N6O4S. The van der Waals surface area contributed by atoms with Gasteiger partial charge < -0.3 is 10.2 Å². The monoisotopic (exact) mass is 554 g/mol. The molecule has 2 aromatic carbocycles. The van der Waals surface area contributed by atoms with Gasteiger partial charge in [-0.2, -0.15) is 0 Å². The summed E-state index contributed by atoms with van der Waals surface area (Å²) in [4.78, 5) is 36.4. The van der Waals surface area contributed by atoms with Gasteiger partial charge in [-0.3, -0.25) is 14.2 Å². The average molecular weight is 555 g/mol. The second-order valence-electron chi connectivity index (χ2n) is 9.41. The first-order valence-electron chi connectivity index (χ1n) is 11.9. The lowest BCUT2D eigenvalue weighted by Crippen LogP contribution is -2.31. The van der Waals surface area contributed by atoms with E-state index in [1.54, 1.807) is 26.1 Å².